The van der Waals surface area contributed by atoms with Crippen molar-refractivity contribution in [2.45, 2.75) is 44.7 Å². The highest BCUT2D eigenvalue weighted by molar-refractivity contribution is 6.07. The lowest BCUT2D eigenvalue weighted by molar-refractivity contribution is -0.137. The van der Waals surface area contributed by atoms with E-state index in [9.17, 15) is 18.8 Å². The second-order valence-corrected chi connectivity index (χ2v) is 7.03. The van der Waals surface area contributed by atoms with E-state index < -0.39 is 11.6 Å². The molecule has 1 aromatic carbocycles. The lowest BCUT2D eigenvalue weighted by Gasteiger charge is -2.35. The van der Waals surface area contributed by atoms with Gasteiger partial charge in [-0.2, -0.15) is 0 Å². The Hall–Kier alpha value is -2.44. The zero-order valence-corrected chi connectivity index (χ0v) is 14.4. The summed E-state index contributed by atoms with van der Waals surface area (Å²) in [5.74, 6) is -0.728. The van der Waals surface area contributed by atoms with Gasteiger partial charge in [0, 0.05) is 19.5 Å². The van der Waals surface area contributed by atoms with Gasteiger partial charge >= 0.3 is 6.03 Å². The van der Waals surface area contributed by atoms with Crippen molar-refractivity contribution in [1.29, 1.82) is 0 Å². The summed E-state index contributed by atoms with van der Waals surface area (Å²) >= 11 is 0. The molecule has 2 N–H and O–H groups in total. The first-order valence-corrected chi connectivity index (χ1v) is 8.44. The summed E-state index contributed by atoms with van der Waals surface area (Å²) in [6.07, 6.45) is 2.04. The van der Waals surface area contributed by atoms with Crippen LogP contribution in [0.15, 0.2) is 18.2 Å². The van der Waals surface area contributed by atoms with E-state index in [1.165, 1.54) is 12.1 Å². The van der Waals surface area contributed by atoms with Gasteiger partial charge < -0.3 is 10.2 Å². The van der Waals surface area contributed by atoms with Gasteiger partial charge in [-0.25, -0.2) is 9.18 Å². The third-order valence-corrected chi connectivity index (χ3v) is 5.29. The Labute approximate surface area is 145 Å². The van der Waals surface area contributed by atoms with E-state index in [1.54, 1.807) is 18.0 Å². The van der Waals surface area contributed by atoms with Gasteiger partial charge in [-0.1, -0.05) is 6.07 Å². The van der Waals surface area contributed by atoms with Crippen molar-refractivity contribution in [3.63, 3.8) is 0 Å². The molecule has 1 saturated heterocycles. The average molecular weight is 347 g/mol. The fraction of sp³-hybridized carbons (Fsp3) is 0.500. The molecule has 1 aliphatic carbocycles. The van der Waals surface area contributed by atoms with Crippen LogP contribution >= 0.6 is 0 Å². The van der Waals surface area contributed by atoms with Gasteiger partial charge in [0.05, 0.1) is 0 Å². The van der Waals surface area contributed by atoms with E-state index >= 15 is 0 Å². The smallest absolute Gasteiger partial charge is 0.322 e. The number of amides is 4. The largest absolute Gasteiger partial charge is 0.341 e. The molecule has 2 fully saturated rings. The Morgan fingerprint density at radius 1 is 1.32 bits per heavy atom. The van der Waals surface area contributed by atoms with Crippen molar-refractivity contribution in [3.8, 4) is 0 Å². The highest BCUT2D eigenvalue weighted by atomic mass is 19.1. The quantitative estimate of drug-likeness (QED) is 0.819. The summed E-state index contributed by atoms with van der Waals surface area (Å²) in [5.41, 5.74) is 0.875. The Bertz CT molecular complexity index is 726. The van der Waals surface area contributed by atoms with Crippen LogP contribution in [0.4, 0.5) is 9.18 Å². The SMILES string of the molecule is Cc1cc(F)ccc1CN(C)C(=O)C1CCC2(CC1)NC(=O)NC2=O. The van der Waals surface area contributed by atoms with Crippen LogP contribution in [0.5, 0.6) is 0 Å². The Morgan fingerprint density at radius 2 is 2.00 bits per heavy atom. The molecule has 7 heteroatoms. The van der Waals surface area contributed by atoms with Gasteiger partial charge in [-0.15, -0.1) is 0 Å². The van der Waals surface area contributed by atoms with Gasteiger partial charge in [0.25, 0.3) is 5.91 Å². The molecule has 0 atom stereocenters. The number of aryl methyl sites for hydroxylation is 1. The van der Waals surface area contributed by atoms with E-state index in [2.05, 4.69) is 10.6 Å². The average Bonchev–Trinajstić information content (AvgIpc) is 2.83. The molecule has 1 heterocycles. The number of rotatable bonds is 3. The number of carbonyl (C=O) groups excluding carboxylic acids is 3. The van der Waals surface area contributed by atoms with Crippen LogP contribution in [0.3, 0.4) is 0 Å². The molecule has 0 aromatic heterocycles. The number of nitrogens with one attached hydrogen (secondary N) is 2. The summed E-state index contributed by atoms with van der Waals surface area (Å²) in [5, 5.41) is 4.97. The molecule has 1 aliphatic heterocycles. The number of benzene rings is 1. The van der Waals surface area contributed by atoms with Gasteiger partial charge in [0.1, 0.15) is 11.4 Å². The second-order valence-electron chi connectivity index (χ2n) is 7.03. The number of carbonyl (C=O) groups is 3. The molecule has 4 amide bonds. The van der Waals surface area contributed by atoms with E-state index in [4.69, 9.17) is 0 Å². The van der Waals surface area contributed by atoms with Gasteiger partial charge in [-0.3, -0.25) is 14.9 Å². The number of imide groups is 1. The molecular formula is C18H22FN3O3. The molecule has 25 heavy (non-hydrogen) atoms. The summed E-state index contributed by atoms with van der Waals surface area (Å²) in [6, 6.07) is 4.09. The predicted octanol–water partition coefficient (Wildman–Crippen LogP) is 1.86. The minimum Gasteiger partial charge on any atom is -0.341 e. The lowest BCUT2D eigenvalue weighted by Crippen LogP contribution is -2.50. The van der Waals surface area contributed by atoms with Crippen molar-refractivity contribution >= 4 is 17.8 Å². The maximum atomic E-state index is 13.2. The molecule has 0 bridgehead atoms. The number of nitrogens with zero attached hydrogens (tertiary/aromatic N) is 1. The van der Waals surface area contributed by atoms with Gasteiger partial charge in [0.15, 0.2) is 0 Å². The fourth-order valence-electron chi connectivity index (χ4n) is 3.72. The number of hydrogen-bond acceptors (Lipinski definition) is 3. The summed E-state index contributed by atoms with van der Waals surface area (Å²) in [4.78, 5) is 37.7. The molecule has 1 spiro atoms. The van der Waals surface area contributed by atoms with Gasteiger partial charge in [0.2, 0.25) is 5.91 Å². The second kappa shape index (κ2) is 6.46. The van der Waals surface area contributed by atoms with Crippen LogP contribution in [0.2, 0.25) is 0 Å². The Kier molecular flexibility index (Phi) is 4.49. The molecule has 0 unspecified atom stereocenters. The first kappa shape index (κ1) is 17.4. The number of hydrogen-bond donors (Lipinski definition) is 2. The maximum absolute atomic E-state index is 13.2. The molecule has 0 radical (unpaired) electrons. The number of halogens is 1. The molecule has 2 aliphatic rings. The third kappa shape index (κ3) is 3.36. The molecule has 3 rings (SSSR count). The zero-order valence-electron chi connectivity index (χ0n) is 14.4. The van der Waals surface area contributed by atoms with E-state index in [1.807, 2.05) is 6.92 Å². The highest BCUT2D eigenvalue weighted by Crippen LogP contribution is 2.35. The fourth-order valence-corrected chi connectivity index (χ4v) is 3.72. The summed E-state index contributed by atoms with van der Waals surface area (Å²) < 4.78 is 13.2. The molecular weight excluding hydrogens is 325 g/mol. The minimum absolute atomic E-state index is 0.0170. The molecule has 1 saturated carbocycles. The Balaban J connectivity index is 1.60. The molecule has 134 valence electrons. The van der Waals surface area contributed by atoms with Crippen LogP contribution < -0.4 is 10.6 Å². The van der Waals surface area contributed by atoms with Crippen molar-refractivity contribution in [3.05, 3.63) is 35.1 Å². The van der Waals surface area contributed by atoms with Crippen molar-refractivity contribution in [2.24, 2.45) is 5.92 Å². The van der Waals surface area contributed by atoms with Crippen molar-refractivity contribution in [1.82, 2.24) is 15.5 Å². The maximum Gasteiger partial charge on any atom is 0.322 e. The monoisotopic (exact) mass is 347 g/mol. The van der Waals surface area contributed by atoms with Crippen molar-refractivity contribution in [2.75, 3.05) is 7.05 Å². The predicted molar refractivity (Wildman–Crippen MR) is 89.0 cm³/mol. The van der Waals surface area contributed by atoms with E-state index in [0.717, 1.165) is 11.1 Å². The van der Waals surface area contributed by atoms with Crippen LogP contribution in [0, 0.1) is 18.7 Å². The van der Waals surface area contributed by atoms with E-state index in [0.29, 0.717) is 32.2 Å². The normalized spacial score (nSPS) is 25.6. The van der Waals surface area contributed by atoms with Crippen LogP contribution in [0.1, 0.15) is 36.8 Å². The van der Waals surface area contributed by atoms with Crippen LogP contribution in [-0.4, -0.2) is 35.3 Å². The van der Waals surface area contributed by atoms with Crippen LogP contribution in [-0.2, 0) is 16.1 Å². The van der Waals surface area contributed by atoms with Crippen molar-refractivity contribution < 1.29 is 18.8 Å². The Morgan fingerprint density at radius 3 is 2.56 bits per heavy atom. The zero-order chi connectivity index (χ0) is 18.2. The lowest BCUT2D eigenvalue weighted by atomic mass is 9.76. The van der Waals surface area contributed by atoms with Gasteiger partial charge in [-0.05, 0) is 55.9 Å². The highest BCUT2D eigenvalue weighted by Gasteiger charge is 2.49. The first-order chi connectivity index (χ1) is 11.8. The standard InChI is InChI=1S/C18H22FN3O3/c1-11-9-14(19)4-3-13(11)10-22(2)15(23)12-5-7-18(8-6-12)16(24)20-17(25)21-18/h3-4,9,12H,5-8,10H2,1-2H3,(H2,20,21,24,25). The topological polar surface area (TPSA) is 78.5 Å². The van der Waals surface area contributed by atoms with Crippen LogP contribution in [0.25, 0.3) is 0 Å². The number of urea groups is 1. The summed E-state index contributed by atoms with van der Waals surface area (Å²) in [7, 11) is 1.74. The minimum atomic E-state index is -0.847. The van der Waals surface area contributed by atoms with E-state index in [-0.39, 0.29) is 23.5 Å². The first-order valence-electron chi connectivity index (χ1n) is 8.44. The molecule has 6 nitrogen and oxygen atoms in total. The third-order valence-electron chi connectivity index (χ3n) is 5.29. The summed E-state index contributed by atoms with van der Waals surface area (Å²) in [6.45, 7) is 2.24. The molecule has 1 aromatic rings.